The largest absolute Gasteiger partial charge is 0.360 e. The Labute approximate surface area is 110 Å². The second-order valence-electron chi connectivity index (χ2n) is 4.18. The number of rotatable bonds is 4. The molecule has 9 heteroatoms. The number of sulfonamides is 1. The molecule has 0 aliphatic heterocycles. The van der Waals surface area contributed by atoms with Crippen molar-refractivity contribution in [1.82, 2.24) is 20.0 Å². The highest BCUT2D eigenvalue weighted by Gasteiger charge is 2.27. The Morgan fingerprint density at radius 2 is 1.84 bits per heavy atom. The van der Waals surface area contributed by atoms with Gasteiger partial charge in [0, 0.05) is 0 Å². The molecule has 0 saturated heterocycles. The Balaban J connectivity index is 2.27. The Morgan fingerprint density at radius 1 is 1.16 bits per heavy atom. The van der Waals surface area contributed by atoms with Gasteiger partial charge in [-0.05, 0) is 27.7 Å². The lowest BCUT2D eigenvalue weighted by Crippen LogP contribution is -2.27. The molecule has 104 valence electrons. The van der Waals surface area contributed by atoms with Gasteiger partial charge in [0.15, 0.2) is 11.6 Å². The zero-order valence-electron chi connectivity index (χ0n) is 11.0. The number of aromatic nitrogens is 3. The van der Waals surface area contributed by atoms with Crippen molar-refractivity contribution in [3.8, 4) is 0 Å². The van der Waals surface area contributed by atoms with Crippen LogP contribution in [0.15, 0.2) is 13.9 Å². The lowest BCUT2D eigenvalue weighted by Gasteiger charge is -2.09. The highest BCUT2D eigenvalue weighted by Crippen LogP contribution is 2.21. The van der Waals surface area contributed by atoms with Crippen LogP contribution in [0.5, 0.6) is 0 Å². The van der Waals surface area contributed by atoms with Crippen LogP contribution in [0.4, 0.5) is 0 Å². The first-order valence-electron chi connectivity index (χ1n) is 5.56. The van der Waals surface area contributed by atoms with E-state index in [2.05, 4.69) is 20.0 Å². The molecule has 1 atom stereocenters. The number of nitrogens with zero attached hydrogens (tertiary/aromatic N) is 3. The van der Waals surface area contributed by atoms with E-state index in [4.69, 9.17) is 9.05 Å². The van der Waals surface area contributed by atoms with Crippen LogP contribution in [0.25, 0.3) is 0 Å². The summed E-state index contributed by atoms with van der Waals surface area (Å²) >= 11 is 0. The monoisotopic (exact) mass is 286 g/mol. The fourth-order valence-electron chi connectivity index (χ4n) is 1.69. The highest BCUT2D eigenvalue weighted by atomic mass is 32.2. The minimum atomic E-state index is -3.75. The van der Waals surface area contributed by atoms with E-state index in [1.807, 2.05) is 0 Å². The van der Waals surface area contributed by atoms with Gasteiger partial charge in [0.05, 0.1) is 6.04 Å². The minimum absolute atomic E-state index is 0.0376. The van der Waals surface area contributed by atoms with Crippen LogP contribution in [0.2, 0.25) is 0 Å². The molecule has 0 spiro atoms. The average molecular weight is 286 g/mol. The molecule has 0 aliphatic rings. The molecule has 1 N–H and O–H groups in total. The predicted molar refractivity (Wildman–Crippen MR) is 63.7 cm³/mol. The van der Waals surface area contributed by atoms with Gasteiger partial charge in [0.25, 0.3) is 0 Å². The van der Waals surface area contributed by atoms with Gasteiger partial charge in [-0.3, -0.25) is 0 Å². The molecule has 2 aromatic rings. The predicted octanol–water partition coefficient (Wildman–Crippen LogP) is 1.02. The molecular weight excluding hydrogens is 272 g/mol. The van der Waals surface area contributed by atoms with E-state index in [-0.39, 0.29) is 16.5 Å². The Bertz CT molecular complexity index is 669. The zero-order chi connectivity index (χ0) is 14.2. The van der Waals surface area contributed by atoms with Crippen LogP contribution in [0.3, 0.4) is 0 Å². The van der Waals surface area contributed by atoms with Crippen molar-refractivity contribution in [2.45, 2.75) is 38.6 Å². The number of nitrogens with one attached hydrogen (secondary N) is 1. The first kappa shape index (κ1) is 13.7. The summed E-state index contributed by atoms with van der Waals surface area (Å²) < 4.78 is 36.7. The van der Waals surface area contributed by atoms with Gasteiger partial charge in [-0.25, -0.2) is 8.42 Å². The summed E-state index contributed by atoms with van der Waals surface area (Å²) in [5.74, 6) is 0.880. The van der Waals surface area contributed by atoms with E-state index < -0.39 is 16.1 Å². The second-order valence-corrected chi connectivity index (χ2v) is 5.83. The van der Waals surface area contributed by atoms with Gasteiger partial charge in [-0.2, -0.15) is 9.71 Å². The first-order chi connectivity index (χ1) is 8.81. The van der Waals surface area contributed by atoms with E-state index in [9.17, 15) is 8.42 Å². The molecule has 0 saturated carbocycles. The molecule has 2 rings (SSSR count). The highest BCUT2D eigenvalue weighted by molar-refractivity contribution is 7.89. The molecule has 0 amide bonds. The summed E-state index contributed by atoms with van der Waals surface area (Å²) in [7, 11) is -3.75. The van der Waals surface area contributed by atoms with E-state index in [1.54, 1.807) is 20.8 Å². The molecule has 19 heavy (non-hydrogen) atoms. The summed E-state index contributed by atoms with van der Waals surface area (Å²) in [5.41, 5.74) is 0.305. The van der Waals surface area contributed by atoms with Crippen molar-refractivity contribution in [2.24, 2.45) is 0 Å². The molecule has 0 bridgehead atoms. The third-order valence-corrected chi connectivity index (χ3v) is 4.27. The smallest absolute Gasteiger partial charge is 0.246 e. The van der Waals surface area contributed by atoms with Crippen LogP contribution in [0.1, 0.15) is 36.1 Å². The molecule has 2 aromatic heterocycles. The molecule has 0 unspecified atom stereocenters. The standard InChI is InChI=1S/C10H14N4O4S/c1-5-9(7(3)17-12-5)19(15,16)14-6(2)10-11-8(4)13-18-10/h6,14H,1-4H3/t6-/m1/s1. The van der Waals surface area contributed by atoms with Crippen molar-refractivity contribution in [3.63, 3.8) is 0 Å². The van der Waals surface area contributed by atoms with Gasteiger partial charge < -0.3 is 9.05 Å². The minimum Gasteiger partial charge on any atom is -0.360 e. The number of hydrogen-bond acceptors (Lipinski definition) is 7. The normalized spacial score (nSPS) is 13.7. The van der Waals surface area contributed by atoms with Crippen LogP contribution >= 0.6 is 0 Å². The maximum atomic E-state index is 12.2. The molecule has 0 aliphatic carbocycles. The molecule has 0 fully saturated rings. The Hall–Kier alpha value is -1.74. The van der Waals surface area contributed by atoms with Crippen LogP contribution in [0, 0.1) is 20.8 Å². The number of aryl methyl sites for hydroxylation is 3. The van der Waals surface area contributed by atoms with Crippen molar-refractivity contribution >= 4 is 10.0 Å². The summed E-state index contributed by atoms with van der Waals surface area (Å²) in [6.45, 7) is 6.37. The zero-order valence-corrected chi connectivity index (χ0v) is 11.8. The Kier molecular flexibility index (Phi) is 3.42. The lowest BCUT2D eigenvalue weighted by atomic mass is 10.4. The van der Waals surface area contributed by atoms with Crippen LogP contribution < -0.4 is 4.72 Å². The third kappa shape index (κ3) is 2.66. The summed E-state index contributed by atoms with van der Waals surface area (Å²) in [4.78, 5) is 4.01. The molecular formula is C10H14N4O4S. The maximum Gasteiger partial charge on any atom is 0.246 e. The third-order valence-electron chi connectivity index (χ3n) is 2.48. The van der Waals surface area contributed by atoms with Crippen molar-refractivity contribution in [3.05, 3.63) is 23.2 Å². The van der Waals surface area contributed by atoms with Gasteiger partial charge >= 0.3 is 0 Å². The van der Waals surface area contributed by atoms with E-state index in [1.165, 1.54) is 6.92 Å². The van der Waals surface area contributed by atoms with Gasteiger partial charge in [0.2, 0.25) is 15.9 Å². The van der Waals surface area contributed by atoms with Gasteiger partial charge in [-0.1, -0.05) is 10.3 Å². The van der Waals surface area contributed by atoms with Crippen LogP contribution in [-0.4, -0.2) is 23.7 Å². The average Bonchev–Trinajstić information content (AvgIpc) is 2.85. The summed E-state index contributed by atoms with van der Waals surface area (Å²) in [6, 6.07) is -0.639. The molecule has 0 aromatic carbocycles. The van der Waals surface area contributed by atoms with Crippen molar-refractivity contribution in [1.29, 1.82) is 0 Å². The van der Waals surface area contributed by atoms with Crippen LogP contribution in [-0.2, 0) is 10.0 Å². The summed E-state index contributed by atoms with van der Waals surface area (Å²) in [5, 5.41) is 7.23. The SMILES string of the molecule is Cc1noc([C@@H](C)NS(=O)(=O)c2c(C)noc2C)n1. The molecule has 0 radical (unpaired) electrons. The van der Waals surface area contributed by atoms with E-state index in [0.717, 1.165) is 0 Å². The lowest BCUT2D eigenvalue weighted by molar-refractivity contribution is 0.350. The topological polar surface area (TPSA) is 111 Å². The fraction of sp³-hybridized carbons (Fsp3) is 0.500. The maximum absolute atomic E-state index is 12.2. The summed E-state index contributed by atoms with van der Waals surface area (Å²) in [6.07, 6.45) is 0. The number of hydrogen-bond donors (Lipinski definition) is 1. The second kappa shape index (κ2) is 4.74. The quantitative estimate of drug-likeness (QED) is 0.893. The Morgan fingerprint density at radius 3 is 2.32 bits per heavy atom. The van der Waals surface area contributed by atoms with E-state index >= 15 is 0 Å². The van der Waals surface area contributed by atoms with Gasteiger partial charge in [0.1, 0.15) is 10.6 Å². The fourth-order valence-corrected chi connectivity index (χ4v) is 3.22. The molecule has 2 heterocycles. The van der Waals surface area contributed by atoms with E-state index in [0.29, 0.717) is 11.5 Å². The molecule has 8 nitrogen and oxygen atoms in total. The van der Waals surface area contributed by atoms with Gasteiger partial charge in [-0.15, -0.1) is 0 Å². The van der Waals surface area contributed by atoms with Crippen molar-refractivity contribution in [2.75, 3.05) is 0 Å². The first-order valence-corrected chi connectivity index (χ1v) is 7.05. The van der Waals surface area contributed by atoms with Crippen molar-refractivity contribution < 1.29 is 17.5 Å².